The summed E-state index contributed by atoms with van der Waals surface area (Å²) in [5.41, 5.74) is 0. The van der Waals surface area contributed by atoms with Crippen molar-refractivity contribution in [1.29, 1.82) is 0 Å². The summed E-state index contributed by atoms with van der Waals surface area (Å²) in [5.74, 6) is -2.51. The van der Waals surface area contributed by atoms with Gasteiger partial charge in [0.05, 0.1) is 25.4 Å². The average molecular weight is 250 g/mol. The van der Waals surface area contributed by atoms with Crippen LogP contribution in [0.25, 0.3) is 0 Å². The van der Waals surface area contributed by atoms with Crippen molar-refractivity contribution >= 4 is 11.9 Å². The van der Waals surface area contributed by atoms with E-state index in [0.29, 0.717) is 18.8 Å². The maximum atomic E-state index is 9.55. The standard InChI is InChI=1S/C6H14O3.C4H4O4/c1-5(8)4-9-6(2)3-7;5-3(6)1-2-4(7)8/h5-8H,3-4H2,1-2H3;1-2H,(H,5,6)(H,7,8)/b;2-1-. The summed E-state index contributed by atoms with van der Waals surface area (Å²) in [6.45, 7) is 3.70. The summed E-state index contributed by atoms with van der Waals surface area (Å²) in [4.78, 5) is 19.1. The van der Waals surface area contributed by atoms with E-state index in [1.54, 1.807) is 13.8 Å². The van der Waals surface area contributed by atoms with E-state index in [1.165, 1.54) is 0 Å². The van der Waals surface area contributed by atoms with Crippen molar-refractivity contribution in [3.63, 3.8) is 0 Å². The predicted octanol–water partition coefficient (Wildman–Crippen LogP) is -0.524. The van der Waals surface area contributed by atoms with Crippen molar-refractivity contribution in [1.82, 2.24) is 0 Å². The van der Waals surface area contributed by atoms with Gasteiger partial charge in [0.1, 0.15) is 0 Å². The molecule has 7 heteroatoms. The lowest BCUT2D eigenvalue weighted by molar-refractivity contribution is -0.134. The minimum Gasteiger partial charge on any atom is -0.478 e. The van der Waals surface area contributed by atoms with E-state index in [2.05, 4.69) is 0 Å². The van der Waals surface area contributed by atoms with Gasteiger partial charge in [-0.05, 0) is 13.8 Å². The van der Waals surface area contributed by atoms with Crippen molar-refractivity contribution in [2.75, 3.05) is 13.2 Å². The van der Waals surface area contributed by atoms with Gasteiger partial charge in [0.15, 0.2) is 0 Å². The van der Waals surface area contributed by atoms with Crippen LogP contribution in [0.2, 0.25) is 0 Å². The zero-order chi connectivity index (χ0) is 13.8. The minimum absolute atomic E-state index is 0.00667. The van der Waals surface area contributed by atoms with Gasteiger partial charge < -0.3 is 25.2 Å². The highest BCUT2D eigenvalue weighted by Gasteiger charge is 2.00. The molecule has 2 unspecified atom stereocenters. The van der Waals surface area contributed by atoms with E-state index < -0.39 is 18.0 Å². The van der Waals surface area contributed by atoms with Crippen molar-refractivity contribution in [3.8, 4) is 0 Å². The van der Waals surface area contributed by atoms with Crippen LogP contribution in [-0.2, 0) is 14.3 Å². The normalized spacial score (nSPS) is 13.6. The summed E-state index contributed by atoms with van der Waals surface area (Å²) >= 11 is 0. The van der Waals surface area contributed by atoms with Crippen LogP contribution in [0, 0.1) is 0 Å². The molecule has 0 saturated carbocycles. The van der Waals surface area contributed by atoms with Gasteiger partial charge in [-0.1, -0.05) is 0 Å². The van der Waals surface area contributed by atoms with Gasteiger partial charge in [-0.15, -0.1) is 0 Å². The monoisotopic (exact) mass is 250 g/mol. The second-order valence-corrected chi connectivity index (χ2v) is 3.19. The van der Waals surface area contributed by atoms with Gasteiger partial charge >= 0.3 is 11.9 Å². The van der Waals surface area contributed by atoms with Gasteiger partial charge in [0.2, 0.25) is 0 Å². The highest BCUT2D eigenvalue weighted by atomic mass is 16.5. The topological polar surface area (TPSA) is 124 Å². The zero-order valence-corrected chi connectivity index (χ0v) is 9.74. The Morgan fingerprint density at radius 3 is 1.82 bits per heavy atom. The molecule has 0 aromatic heterocycles. The first-order chi connectivity index (χ1) is 7.79. The third-order valence-electron chi connectivity index (χ3n) is 1.25. The molecule has 4 N–H and O–H groups in total. The second kappa shape index (κ2) is 11.1. The molecule has 100 valence electrons. The molecule has 0 radical (unpaired) electrons. The van der Waals surface area contributed by atoms with Crippen LogP contribution in [0.4, 0.5) is 0 Å². The van der Waals surface area contributed by atoms with Crippen LogP contribution < -0.4 is 0 Å². The molecule has 0 saturated heterocycles. The molecule has 0 aliphatic carbocycles. The summed E-state index contributed by atoms with van der Waals surface area (Å²) in [7, 11) is 0. The van der Waals surface area contributed by atoms with E-state index in [1.807, 2.05) is 0 Å². The zero-order valence-electron chi connectivity index (χ0n) is 9.74. The Balaban J connectivity index is 0. The highest BCUT2D eigenvalue weighted by Crippen LogP contribution is 1.90. The van der Waals surface area contributed by atoms with Crippen molar-refractivity contribution < 1.29 is 34.8 Å². The minimum atomic E-state index is -1.26. The van der Waals surface area contributed by atoms with Crippen molar-refractivity contribution in [2.24, 2.45) is 0 Å². The molecule has 0 aliphatic rings. The van der Waals surface area contributed by atoms with Gasteiger partial charge in [0.25, 0.3) is 0 Å². The Morgan fingerprint density at radius 2 is 1.59 bits per heavy atom. The molecule has 0 fully saturated rings. The van der Waals surface area contributed by atoms with Gasteiger partial charge in [-0.25, -0.2) is 9.59 Å². The lowest BCUT2D eigenvalue weighted by atomic mass is 10.4. The van der Waals surface area contributed by atoms with E-state index in [-0.39, 0.29) is 12.7 Å². The number of carboxylic acid groups (broad SMARTS) is 2. The number of aliphatic carboxylic acids is 2. The molecule has 17 heavy (non-hydrogen) atoms. The van der Waals surface area contributed by atoms with Crippen LogP contribution in [0.15, 0.2) is 12.2 Å². The van der Waals surface area contributed by atoms with Crippen molar-refractivity contribution in [2.45, 2.75) is 26.1 Å². The fraction of sp³-hybridized carbons (Fsp3) is 0.600. The maximum absolute atomic E-state index is 9.55. The Bertz CT molecular complexity index is 231. The molecule has 0 bridgehead atoms. The number of hydrogen-bond donors (Lipinski definition) is 4. The average Bonchev–Trinajstić information content (AvgIpc) is 2.23. The molecule has 0 aromatic rings. The third kappa shape index (κ3) is 20.6. The first-order valence-corrected chi connectivity index (χ1v) is 4.84. The third-order valence-corrected chi connectivity index (χ3v) is 1.25. The lowest BCUT2D eigenvalue weighted by Crippen LogP contribution is -2.19. The number of rotatable bonds is 6. The molecule has 7 nitrogen and oxygen atoms in total. The Morgan fingerprint density at radius 1 is 1.18 bits per heavy atom. The summed E-state index contributed by atoms with van der Waals surface area (Å²) in [5, 5.41) is 32.8. The molecule has 2 atom stereocenters. The first-order valence-electron chi connectivity index (χ1n) is 4.84. The summed E-state index contributed by atoms with van der Waals surface area (Å²) in [6.07, 6.45) is 0.503. The number of hydrogen-bond acceptors (Lipinski definition) is 5. The molecule has 0 aromatic carbocycles. The maximum Gasteiger partial charge on any atom is 0.328 e. The fourth-order valence-electron chi connectivity index (χ4n) is 0.499. The molecule has 0 amide bonds. The predicted molar refractivity (Wildman–Crippen MR) is 58.6 cm³/mol. The van der Waals surface area contributed by atoms with Gasteiger partial charge in [-0.3, -0.25) is 0 Å². The van der Waals surface area contributed by atoms with Crippen LogP contribution in [0.3, 0.4) is 0 Å². The number of carbonyl (C=O) groups is 2. The molecular formula is C10H18O7. The number of aliphatic hydroxyl groups excluding tert-OH is 2. The lowest BCUT2D eigenvalue weighted by Gasteiger charge is -2.10. The van der Waals surface area contributed by atoms with Crippen LogP contribution in [0.1, 0.15) is 13.8 Å². The van der Waals surface area contributed by atoms with Crippen LogP contribution in [0.5, 0.6) is 0 Å². The van der Waals surface area contributed by atoms with E-state index in [0.717, 1.165) is 0 Å². The van der Waals surface area contributed by atoms with E-state index >= 15 is 0 Å². The summed E-state index contributed by atoms with van der Waals surface area (Å²) < 4.78 is 4.95. The Kier molecular flexibility index (Phi) is 11.7. The van der Waals surface area contributed by atoms with E-state index in [4.69, 9.17) is 25.2 Å². The Labute approximate surface area is 99.0 Å². The van der Waals surface area contributed by atoms with Crippen LogP contribution >= 0.6 is 0 Å². The largest absolute Gasteiger partial charge is 0.478 e. The molecule has 0 heterocycles. The van der Waals surface area contributed by atoms with E-state index in [9.17, 15) is 9.59 Å². The second-order valence-electron chi connectivity index (χ2n) is 3.19. The quantitative estimate of drug-likeness (QED) is 0.467. The van der Waals surface area contributed by atoms with Crippen LogP contribution in [-0.4, -0.2) is 57.8 Å². The fourth-order valence-corrected chi connectivity index (χ4v) is 0.499. The summed E-state index contributed by atoms with van der Waals surface area (Å²) in [6, 6.07) is 0. The van der Waals surface area contributed by atoms with Crippen molar-refractivity contribution in [3.05, 3.63) is 12.2 Å². The highest BCUT2D eigenvalue weighted by molar-refractivity contribution is 5.89. The first kappa shape index (κ1) is 17.9. The molecular weight excluding hydrogens is 232 g/mol. The Hall–Kier alpha value is -1.44. The molecule has 0 rings (SSSR count). The van der Waals surface area contributed by atoms with Gasteiger partial charge in [0, 0.05) is 12.2 Å². The number of aliphatic hydroxyl groups is 2. The van der Waals surface area contributed by atoms with Gasteiger partial charge in [-0.2, -0.15) is 0 Å². The number of carboxylic acids is 2. The SMILES string of the molecule is CC(O)COC(C)CO.O=C(O)/C=C\C(=O)O. The molecule has 0 spiro atoms. The smallest absolute Gasteiger partial charge is 0.328 e. The number of ether oxygens (including phenoxy) is 1. The molecule has 0 aliphatic heterocycles.